The first kappa shape index (κ1) is 18.2. The summed E-state index contributed by atoms with van der Waals surface area (Å²) in [5, 5.41) is 0. The standard InChI is InChI=1S/C20H25FO4/c21-16-7-9-17(10-8-16)24-15-19-12-11-18(25-19)5-1-3-13-22-20-6-2-4-14-23-20/h7-10,18-20H,2-4,6,11-15H2. The van der Waals surface area contributed by atoms with Gasteiger partial charge in [-0.25, -0.2) is 4.39 Å². The maximum atomic E-state index is 12.8. The molecule has 0 aliphatic carbocycles. The van der Waals surface area contributed by atoms with Gasteiger partial charge in [0.1, 0.15) is 24.3 Å². The van der Waals surface area contributed by atoms with Crippen LogP contribution in [0.4, 0.5) is 4.39 Å². The summed E-state index contributed by atoms with van der Waals surface area (Å²) in [5.41, 5.74) is 0. The highest BCUT2D eigenvalue weighted by atomic mass is 19.1. The molecule has 0 N–H and O–H groups in total. The Bertz CT molecular complexity index is 572. The molecule has 136 valence electrons. The van der Waals surface area contributed by atoms with E-state index in [1.807, 2.05) is 0 Å². The molecule has 4 nitrogen and oxygen atoms in total. The van der Waals surface area contributed by atoms with E-state index in [1.165, 1.54) is 18.6 Å². The minimum atomic E-state index is -0.265. The minimum absolute atomic E-state index is 0.0345. The maximum Gasteiger partial charge on any atom is 0.157 e. The largest absolute Gasteiger partial charge is 0.491 e. The zero-order chi connectivity index (χ0) is 17.3. The summed E-state index contributed by atoms with van der Waals surface area (Å²) in [7, 11) is 0. The molecule has 1 aromatic carbocycles. The molecule has 0 aromatic heterocycles. The molecule has 1 aromatic rings. The van der Waals surface area contributed by atoms with Gasteiger partial charge in [-0.15, -0.1) is 0 Å². The van der Waals surface area contributed by atoms with Gasteiger partial charge in [0, 0.05) is 13.0 Å². The third-order valence-corrected chi connectivity index (χ3v) is 4.29. The Hall–Kier alpha value is -1.61. The molecule has 0 saturated carbocycles. The van der Waals surface area contributed by atoms with Crippen LogP contribution in [0.5, 0.6) is 5.75 Å². The monoisotopic (exact) mass is 348 g/mol. The van der Waals surface area contributed by atoms with Crippen molar-refractivity contribution in [2.45, 2.75) is 57.0 Å². The van der Waals surface area contributed by atoms with Gasteiger partial charge in [0.2, 0.25) is 0 Å². The van der Waals surface area contributed by atoms with Crippen molar-refractivity contribution in [3.8, 4) is 17.6 Å². The number of benzene rings is 1. The van der Waals surface area contributed by atoms with Crippen LogP contribution in [0.3, 0.4) is 0 Å². The molecule has 2 aliphatic heterocycles. The lowest BCUT2D eigenvalue weighted by Gasteiger charge is -2.22. The van der Waals surface area contributed by atoms with Gasteiger partial charge in [-0.05, 0) is 56.4 Å². The Balaban J connectivity index is 1.29. The molecule has 0 spiro atoms. The van der Waals surface area contributed by atoms with Crippen molar-refractivity contribution in [3.05, 3.63) is 30.1 Å². The Morgan fingerprint density at radius 1 is 1.12 bits per heavy atom. The Morgan fingerprint density at radius 3 is 2.80 bits per heavy atom. The second-order valence-corrected chi connectivity index (χ2v) is 6.33. The quantitative estimate of drug-likeness (QED) is 0.580. The molecular weight excluding hydrogens is 323 g/mol. The number of rotatable bonds is 6. The van der Waals surface area contributed by atoms with E-state index >= 15 is 0 Å². The Kier molecular flexibility index (Phi) is 7.10. The molecule has 3 unspecified atom stereocenters. The topological polar surface area (TPSA) is 36.9 Å². The van der Waals surface area contributed by atoms with Gasteiger partial charge in [0.15, 0.2) is 6.29 Å². The van der Waals surface area contributed by atoms with E-state index in [4.69, 9.17) is 18.9 Å². The van der Waals surface area contributed by atoms with Crippen molar-refractivity contribution < 1.29 is 23.3 Å². The third-order valence-electron chi connectivity index (χ3n) is 4.29. The van der Waals surface area contributed by atoms with Crippen molar-refractivity contribution in [2.75, 3.05) is 19.8 Å². The second-order valence-electron chi connectivity index (χ2n) is 6.33. The van der Waals surface area contributed by atoms with E-state index in [9.17, 15) is 4.39 Å². The molecule has 3 atom stereocenters. The first-order chi connectivity index (χ1) is 12.3. The van der Waals surface area contributed by atoms with E-state index in [2.05, 4.69) is 11.8 Å². The highest BCUT2D eigenvalue weighted by Gasteiger charge is 2.24. The van der Waals surface area contributed by atoms with Gasteiger partial charge in [0.25, 0.3) is 0 Å². The van der Waals surface area contributed by atoms with Crippen LogP contribution < -0.4 is 4.74 Å². The van der Waals surface area contributed by atoms with Crippen LogP contribution in [0.15, 0.2) is 24.3 Å². The normalized spacial score (nSPS) is 26.0. The average molecular weight is 348 g/mol. The fraction of sp³-hybridized carbons (Fsp3) is 0.600. The number of hydrogen-bond donors (Lipinski definition) is 0. The zero-order valence-electron chi connectivity index (χ0n) is 14.4. The lowest BCUT2D eigenvalue weighted by Crippen LogP contribution is -2.22. The van der Waals surface area contributed by atoms with Gasteiger partial charge in [0.05, 0.1) is 12.7 Å². The van der Waals surface area contributed by atoms with Gasteiger partial charge >= 0.3 is 0 Å². The van der Waals surface area contributed by atoms with E-state index in [-0.39, 0.29) is 24.3 Å². The van der Waals surface area contributed by atoms with Crippen LogP contribution >= 0.6 is 0 Å². The fourth-order valence-electron chi connectivity index (χ4n) is 2.92. The lowest BCUT2D eigenvalue weighted by molar-refractivity contribution is -0.161. The lowest BCUT2D eigenvalue weighted by atomic mass is 10.2. The van der Waals surface area contributed by atoms with Crippen molar-refractivity contribution in [1.29, 1.82) is 0 Å². The minimum Gasteiger partial charge on any atom is -0.491 e. The molecule has 2 heterocycles. The predicted octanol–water partition coefficient (Wildman–Crippen LogP) is 3.69. The molecule has 25 heavy (non-hydrogen) atoms. The first-order valence-corrected chi connectivity index (χ1v) is 9.05. The zero-order valence-corrected chi connectivity index (χ0v) is 14.4. The summed E-state index contributed by atoms with van der Waals surface area (Å²) in [6.07, 6.45) is 5.77. The third kappa shape index (κ3) is 6.32. The molecule has 2 fully saturated rings. The Morgan fingerprint density at radius 2 is 2.00 bits per heavy atom. The van der Waals surface area contributed by atoms with E-state index in [0.717, 1.165) is 32.3 Å². The number of ether oxygens (including phenoxy) is 4. The number of halogens is 1. The molecule has 5 heteroatoms. The summed E-state index contributed by atoms with van der Waals surface area (Å²) in [4.78, 5) is 0. The van der Waals surface area contributed by atoms with Crippen LogP contribution in [0.2, 0.25) is 0 Å². The summed E-state index contributed by atoms with van der Waals surface area (Å²) < 4.78 is 35.5. The van der Waals surface area contributed by atoms with Crippen LogP contribution in [-0.4, -0.2) is 38.3 Å². The van der Waals surface area contributed by atoms with Crippen LogP contribution in [0.25, 0.3) is 0 Å². The summed E-state index contributed by atoms with van der Waals surface area (Å²) in [6, 6.07) is 6.02. The molecule has 2 saturated heterocycles. The predicted molar refractivity (Wildman–Crippen MR) is 91.7 cm³/mol. The Labute approximate surface area is 148 Å². The van der Waals surface area contributed by atoms with Crippen LogP contribution in [0.1, 0.15) is 38.5 Å². The van der Waals surface area contributed by atoms with Gasteiger partial charge < -0.3 is 18.9 Å². The molecular formula is C20H25FO4. The summed E-state index contributed by atoms with van der Waals surface area (Å²) >= 11 is 0. The first-order valence-electron chi connectivity index (χ1n) is 9.05. The number of hydrogen-bond acceptors (Lipinski definition) is 4. The maximum absolute atomic E-state index is 12.8. The molecule has 0 radical (unpaired) electrons. The van der Waals surface area contributed by atoms with Crippen LogP contribution in [-0.2, 0) is 14.2 Å². The summed E-state index contributed by atoms with van der Waals surface area (Å²) in [5.74, 6) is 6.68. The van der Waals surface area contributed by atoms with E-state index in [1.54, 1.807) is 12.1 Å². The second kappa shape index (κ2) is 9.76. The van der Waals surface area contributed by atoms with Crippen molar-refractivity contribution in [1.82, 2.24) is 0 Å². The molecule has 0 bridgehead atoms. The van der Waals surface area contributed by atoms with Crippen molar-refractivity contribution >= 4 is 0 Å². The van der Waals surface area contributed by atoms with Gasteiger partial charge in [-0.2, -0.15) is 0 Å². The highest BCUT2D eigenvalue weighted by Crippen LogP contribution is 2.21. The molecule has 0 amide bonds. The van der Waals surface area contributed by atoms with Crippen molar-refractivity contribution in [3.63, 3.8) is 0 Å². The van der Waals surface area contributed by atoms with Crippen molar-refractivity contribution in [2.24, 2.45) is 0 Å². The summed E-state index contributed by atoms with van der Waals surface area (Å²) in [6.45, 7) is 1.86. The van der Waals surface area contributed by atoms with Gasteiger partial charge in [-0.1, -0.05) is 11.8 Å². The average Bonchev–Trinajstić information content (AvgIpc) is 3.10. The van der Waals surface area contributed by atoms with Crippen LogP contribution in [0, 0.1) is 17.7 Å². The van der Waals surface area contributed by atoms with Gasteiger partial charge in [-0.3, -0.25) is 0 Å². The SMILES string of the molecule is Fc1ccc(OCC2CCC(C#CCCOC3CCCCO3)O2)cc1. The van der Waals surface area contributed by atoms with E-state index in [0.29, 0.717) is 25.4 Å². The van der Waals surface area contributed by atoms with E-state index < -0.39 is 0 Å². The highest BCUT2D eigenvalue weighted by molar-refractivity contribution is 5.22. The molecule has 3 rings (SSSR count). The molecule has 2 aliphatic rings. The smallest absolute Gasteiger partial charge is 0.157 e. The fourth-order valence-corrected chi connectivity index (χ4v) is 2.92.